The van der Waals surface area contributed by atoms with E-state index in [1.54, 1.807) is 18.5 Å². The molecule has 1 saturated heterocycles. The van der Waals surface area contributed by atoms with Gasteiger partial charge in [0.2, 0.25) is 0 Å². The van der Waals surface area contributed by atoms with E-state index in [2.05, 4.69) is 37.3 Å². The first kappa shape index (κ1) is 21.4. The lowest BCUT2D eigenvalue weighted by Crippen LogP contribution is -2.40. The van der Waals surface area contributed by atoms with Crippen molar-refractivity contribution < 1.29 is 19.4 Å². The maximum atomic E-state index is 12.4. The van der Waals surface area contributed by atoms with Crippen LogP contribution in [0.4, 0.5) is 5.69 Å². The van der Waals surface area contributed by atoms with Gasteiger partial charge in [-0.2, -0.15) is 0 Å². The van der Waals surface area contributed by atoms with Gasteiger partial charge in [0.05, 0.1) is 24.8 Å². The molecule has 1 aromatic carbocycles. The van der Waals surface area contributed by atoms with Crippen LogP contribution in [0, 0.1) is 0 Å². The van der Waals surface area contributed by atoms with E-state index in [1.807, 2.05) is 0 Å². The van der Waals surface area contributed by atoms with E-state index in [4.69, 9.17) is 9.47 Å². The van der Waals surface area contributed by atoms with Crippen molar-refractivity contribution in [3.63, 3.8) is 0 Å². The monoisotopic (exact) mass is 449 g/mol. The van der Waals surface area contributed by atoms with Gasteiger partial charge in [0.1, 0.15) is 17.0 Å². The first-order valence-electron chi connectivity index (χ1n) is 11.4. The number of pyridine rings is 1. The molecule has 0 spiro atoms. The van der Waals surface area contributed by atoms with Crippen molar-refractivity contribution in [2.45, 2.75) is 37.8 Å². The van der Waals surface area contributed by atoms with E-state index in [-0.39, 0.29) is 29.5 Å². The molecule has 2 aromatic heterocycles. The summed E-state index contributed by atoms with van der Waals surface area (Å²) in [6.07, 6.45) is 8.11. The fraction of sp³-hybridized carbons (Fsp3) is 0.417. The van der Waals surface area contributed by atoms with Crippen LogP contribution >= 0.6 is 0 Å². The normalized spacial score (nSPS) is 21.0. The Hall–Kier alpha value is -3.46. The van der Waals surface area contributed by atoms with Gasteiger partial charge in [-0.05, 0) is 43.9 Å². The lowest BCUT2D eigenvalue weighted by atomic mass is 9.92. The Labute approximate surface area is 191 Å². The molecule has 0 bridgehead atoms. The fourth-order valence-electron chi connectivity index (χ4n) is 4.45. The summed E-state index contributed by atoms with van der Waals surface area (Å²) in [7, 11) is 0. The molecule has 2 aliphatic rings. The molecule has 1 aliphatic carbocycles. The highest BCUT2D eigenvalue weighted by molar-refractivity contribution is 5.94. The molecule has 0 atom stereocenters. The number of hydrogen-bond acceptors (Lipinski definition) is 8. The summed E-state index contributed by atoms with van der Waals surface area (Å²) in [5.74, 6) is 0.282. The van der Waals surface area contributed by atoms with Crippen molar-refractivity contribution in [1.82, 2.24) is 20.3 Å². The molecule has 1 saturated carbocycles. The molecule has 9 nitrogen and oxygen atoms in total. The van der Waals surface area contributed by atoms with E-state index in [0.29, 0.717) is 13.2 Å². The number of fused-ring (bicyclic) bond motifs is 1. The second-order valence-corrected chi connectivity index (χ2v) is 8.40. The van der Waals surface area contributed by atoms with Gasteiger partial charge in [-0.3, -0.25) is 9.78 Å². The third-order valence-electron chi connectivity index (χ3n) is 6.20. The summed E-state index contributed by atoms with van der Waals surface area (Å²) < 4.78 is 11.9. The quantitative estimate of drug-likeness (QED) is 0.612. The van der Waals surface area contributed by atoms with Crippen LogP contribution < -0.4 is 15.0 Å². The predicted molar refractivity (Wildman–Crippen MR) is 123 cm³/mol. The maximum absolute atomic E-state index is 12.4. The third-order valence-corrected chi connectivity index (χ3v) is 6.20. The van der Waals surface area contributed by atoms with Crippen LogP contribution in [0.5, 0.6) is 11.5 Å². The van der Waals surface area contributed by atoms with Gasteiger partial charge in [-0.1, -0.05) is 0 Å². The number of aromatic nitrogens is 3. The van der Waals surface area contributed by atoms with Gasteiger partial charge < -0.3 is 24.8 Å². The number of morpholine rings is 1. The molecule has 33 heavy (non-hydrogen) atoms. The molecule has 3 heterocycles. The molecule has 172 valence electrons. The number of nitrogens with one attached hydrogen (secondary N) is 1. The Bertz CT molecular complexity index is 1130. The minimum atomic E-state index is -0.350. The molecule has 2 fully saturated rings. The maximum Gasteiger partial charge on any atom is 0.273 e. The number of hydrogen-bond donors (Lipinski definition) is 2. The number of anilines is 1. The van der Waals surface area contributed by atoms with Crippen molar-refractivity contribution in [3.05, 3.63) is 48.5 Å². The molecule has 1 amide bonds. The van der Waals surface area contributed by atoms with E-state index in [9.17, 15) is 9.90 Å². The lowest BCUT2D eigenvalue weighted by Gasteiger charge is -2.31. The largest absolute Gasteiger partial charge is 0.505 e. The molecule has 9 heteroatoms. The van der Waals surface area contributed by atoms with E-state index >= 15 is 0 Å². The minimum absolute atomic E-state index is 0.0231. The minimum Gasteiger partial charge on any atom is -0.505 e. The summed E-state index contributed by atoms with van der Waals surface area (Å²) >= 11 is 0. The number of nitrogens with zero attached hydrogens (tertiary/aromatic N) is 4. The second-order valence-electron chi connectivity index (χ2n) is 8.40. The van der Waals surface area contributed by atoms with Gasteiger partial charge >= 0.3 is 0 Å². The number of rotatable bonds is 5. The van der Waals surface area contributed by atoms with Crippen molar-refractivity contribution >= 4 is 22.6 Å². The van der Waals surface area contributed by atoms with Gasteiger partial charge in [-0.25, -0.2) is 9.97 Å². The zero-order valence-corrected chi connectivity index (χ0v) is 18.3. The average molecular weight is 450 g/mol. The highest BCUT2D eigenvalue weighted by Crippen LogP contribution is 2.33. The third kappa shape index (κ3) is 4.83. The van der Waals surface area contributed by atoms with E-state index in [1.165, 1.54) is 12.3 Å². The van der Waals surface area contributed by atoms with Gasteiger partial charge in [0.15, 0.2) is 5.69 Å². The van der Waals surface area contributed by atoms with E-state index in [0.717, 1.165) is 61.2 Å². The first-order chi connectivity index (χ1) is 16.2. The Balaban J connectivity index is 1.25. The Morgan fingerprint density at radius 1 is 1.06 bits per heavy atom. The number of ether oxygens (including phenoxy) is 2. The number of carbonyl (C=O) groups is 1. The highest BCUT2D eigenvalue weighted by atomic mass is 16.5. The van der Waals surface area contributed by atoms with Gasteiger partial charge in [0, 0.05) is 49.5 Å². The van der Waals surface area contributed by atoms with Gasteiger partial charge in [0.25, 0.3) is 5.91 Å². The molecule has 1 aliphatic heterocycles. The SMILES string of the molecule is O=C(NC1CCC(Oc2cc(N3CCOCC3)cc3nccnc23)CC1)c1ncccc1O. The van der Waals surface area contributed by atoms with Crippen LogP contribution in [0.2, 0.25) is 0 Å². The van der Waals surface area contributed by atoms with Crippen LogP contribution in [0.3, 0.4) is 0 Å². The van der Waals surface area contributed by atoms with Crippen molar-refractivity contribution in [2.75, 3.05) is 31.2 Å². The number of aromatic hydroxyl groups is 1. The van der Waals surface area contributed by atoms with E-state index < -0.39 is 0 Å². The standard InChI is InChI=1S/C24H27N5O4/c30-20-2-1-7-26-23(20)24(31)28-16-3-5-18(6-4-16)33-21-15-17(29-10-12-32-13-11-29)14-19-22(21)27-9-8-25-19/h1-2,7-9,14-16,18,30H,3-6,10-13H2,(H,28,31). The summed E-state index contributed by atoms with van der Waals surface area (Å²) in [6.45, 7) is 3.09. The summed E-state index contributed by atoms with van der Waals surface area (Å²) in [5, 5.41) is 12.8. The molecular formula is C24H27N5O4. The summed E-state index contributed by atoms with van der Waals surface area (Å²) in [4.78, 5) is 27.7. The Morgan fingerprint density at radius 2 is 1.85 bits per heavy atom. The Morgan fingerprint density at radius 3 is 2.64 bits per heavy atom. The zero-order chi connectivity index (χ0) is 22.6. The van der Waals surface area contributed by atoms with Crippen LogP contribution in [-0.2, 0) is 4.74 Å². The van der Waals surface area contributed by atoms with Crippen molar-refractivity contribution in [2.24, 2.45) is 0 Å². The number of carbonyl (C=O) groups excluding carboxylic acids is 1. The van der Waals surface area contributed by atoms with Crippen LogP contribution in [-0.4, -0.2) is 64.4 Å². The van der Waals surface area contributed by atoms with Crippen molar-refractivity contribution in [1.29, 1.82) is 0 Å². The van der Waals surface area contributed by atoms with Crippen LogP contribution in [0.15, 0.2) is 42.9 Å². The van der Waals surface area contributed by atoms with Gasteiger partial charge in [-0.15, -0.1) is 0 Å². The zero-order valence-electron chi connectivity index (χ0n) is 18.3. The second kappa shape index (κ2) is 9.58. The smallest absolute Gasteiger partial charge is 0.273 e. The van der Waals surface area contributed by atoms with Crippen LogP contribution in [0.25, 0.3) is 11.0 Å². The lowest BCUT2D eigenvalue weighted by molar-refractivity contribution is 0.0887. The molecular weight excluding hydrogens is 422 g/mol. The first-order valence-corrected chi connectivity index (χ1v) is 11.4. The molecule has 2 N–H and O–H groups in total. The van der Waals surface area contributed by atoms with Crippen molar-refractivity contribution in [3.8, 4) is 11.5 Å². The highest BCUT2D eigenvalue weighted by Gasteiger charge is 2.26. The summed E-state index contributed by atoms with van der Waals surface area (Å²) in [6, 6.07) is 7.19. The molecule has 0 unspecified atom stereocenters. The predicted octanol–water partition coefficient (Wildman–Crippen LogP) is 2.69. The fourth-order valence-corrected chi connectivity index (χ4v) is 4.45. The number of amides is 1. The summed E-state index contributed by atoms with van der Waals surface area (Å²) in [5.41, 5.74) is 2.70. The molecule has 3 aromatic rings. The topological polar surface area (TPSA) is 110 Å². The number of benzene rings is 1. The molecule has 5 rings (SSSR count). The average Bonchev–Trinajstić information content (AvgIpc) is 2.86. The Kier molecular flexibility index (Phi) is 6.21. The van der Waals surface area contributed by atoms with Crippen LogP contribution in [0.1, 0.15) is 36.2 Å². The molecule has 0 radical (unpaired) electrons.